The zero-order valence-corrected chi connectivity index (χ0v) is 8.31. The van der Waals surface area contributed by atoms with Crippen molar-refractivity contribution in [1.82, 2.24) is 0 Å². The molecule has 8 heteroatoms. The van der Waals surface area contributed by atoms with Crippen LogP contribution >= 0.6 is 0 Å². The Morgan fingerprint density at radius 3 is 2.53 bits per heavy atom. The van der Waals surface area contributed by atoms with Gasteiger partial charge in [0.2, 0.25) is 0 Å². The van der Waals surface area contributed by atoms with Gasteiger partial charge < -0.3 is 5.73 Å². The maximum Gasteiger partial charge on any atom is 0.296 e. The van der Waals surface area contributed by atoms with Crippen LogP contribution in [0.3, 0.4) is 0 Å². The SMILES string of the molecule is N=C(N)c1cc(NS(N)(=O)=O)ccc1F. The Hall–Kier alpha value is -1.67. The van der Waals surface area contributed by atoms with E-state index < -0.39 is 21.9 Å². The molecule has 0 saturated carbocycles. The van der Waals surface area contributed by atoms with Gasteiger partial charge in [-0.2, -0.15) is 8.42 Å². The quantitative estimate of drug-likeness (QED) is 0.423. The van der Waals surface area contributed by atoms with Gasteiger partial charge in [0.05, 0.1) is 11.3 Å². The summed E-state index contributed by atoms with van der Waals surface area (Å²) in [7, 11) is -3.92. The molecule has 0 spiro atoms. The van der Waals surface area contributed by atoms with Gasteiger partial charge in [-0.1, -0.05) is 0 Å². The third kappa shape index (κ3) is 3.18. The van der Waals surface area contributed by atoms with Crippen LogP contribution in [0.5, 0.6) is 0 Å². The van der Waals surface area contributed by atoms with E-state index in [0.29, 0.717) is 0 Å². The van der Waals surface area contributed by atoms with Gasteiger partial charge in [-0.3, -0.25) is 10.1 Å². The number of amidine groups is 1. The molecule has 1 rings (SSSR count). The van der Waals surface area contributed by atoms with E-state index in [1.807, 2.05) is 4.72 Å². The van der Waals surface area contributed by atoms with Crippen molar-refractivity contribution in [3.8, 4) is 0 Å². The van der Waals surface area contributed by atoms with Crippen molar-refractivity contribution in [3.05, 3.63) is 29.6 Å². The second-order valence-electron chi connectivity index (χ2n) is 2.76. The fraction of sp³-hybridized carbons (Fsp3) is 0. The third-order valence-corrected chi connectivity index (χ3v) is 2.04. The lowest BCUT2D eigenvalue weighted by Crippen LogP contribution is -2.22. The Balaban J connectivity index is 3.14. The largest absolute Gasteiger partial charge is 0.384 e. The van der Waals surface area contributed by atoms with Gasteiger partial charge in [-0.25, -0.2) is 9.53 Å². The second kappa shape index (κ2) is 3.83. The highest BCUT2D eigenvalue weighted by atomic mass is 32.2. The Morgan fingerprint density at radius 2 is 2.07 bits per heavy atom. The summed E-state index contributed by atoms with van der Waals surface area (Å²) >= 11 is 0. The standard InChI is InChI=1S/C7H9FN4O2S/c8-6-2-1-4(12-15(11,13)14)3-5(6)7(9)10/h1-3,12H,(H3,9,10)(H2,11,13,14). The van der Waals surface area contributed by atoms with Crippen LogP contribution in [0.25, 0.3) is 0 Å². The first-order chi connectivity index (χ1) is 6.79. The minimum absolute atomic E-state index is 0.0455. The fourth-order valence-electron chi connectivity index (χ4n) is 0.959. The van der Waals surface area contributed by atoms with E-state index in [9.17, 15) is 12.8 Å². The summed E-state index contributed by atoms with van der Waals surface area (Å²) in [5.74, 6) is -1.20. The molecule has 0 aliphatic rings. The summed E-state index contributed by atoms with van der Waals surface area (Å²) in [5.41, 5.74) is 4.94. The lowest BCUT2D eigenvalue weighted by atomic mass is 10.2. The number of benzene rings is 1. The molecule has 0 aliphatic heterocycles. The summed E-state index contributed by atoms with van der Waals surface area (Å²) in [5, 5.41) is 11.7. The van der Waals surface area contributed by atoms with Crippen molar-refractivity contribution < 1.29 is 12.8 Å². The topological polar surface area (TPSA) is 122 Å². The molecule has 0 heterocycles. The minimum Gasteiger partial charge on any atom is -0.384 e. The molecule has 0 aliphatic carbocycles. The third-order valence-electron chi connectivity index (χ3n) is 1.52. The Kier molecular flexibility index (Phi) is 2.91. The van der Waals surface area contributed by atoms with Crippen LogP contribution < -0.4 is 15.6 Å². The van der Waals surface area contributed by atoms with Crippen LogP contribution in [0.4, 0.5) is 10.1 Å². The number of anilines is 1. The highest BCUT2D eigenvalue weighted by molar-refractivity contribution is 7.90. The van der Waals surface area contributed by atoms with Gasteiger partial charge in [-0.15, -0.1) is 0 Å². The van der Waals surface area contributed by atoms with E-state index in [2.05, 4.69) is 0 Å². The van der Waals surface area contributed by atoms with Crippen LogP contribution in [0, 0.1) is 11.2 Å². The van der Waals surface area contributed by atoms with Crippen LogP contribution in [-0.4, -0.2) is 14.3 Å². The number of nitrogen functional groups attached to an aromatic ring is 1. The molecule has 0 saturated heterocycles. The van der Waals surface area contributed by atoms with Crippen LogP contribution in [0.15, 0.2) is 18.2 Å². The molecule has 1 aromatic rings. The molecule has 0 atom stereocenters. The van der Waals surface area contributed by atoms with Gasteiger partial charge in [0.1, 0.15) is 11.7 Å². The first kappa shape index (κ1) is 11.4. The molecular weight excluding hydrogens is 223 g/mol. The number of rotatable bonds is 3. The van der Waals surface area contributed by atoms with Crippen LogP contribution in [-0.2, 0) is 10.2 Å². The Morgan fingerprint density at radius 1 is 1.47 bits per heavy atom. The average Bonchev–Trinajstić information content (AvgIpc) is 2.05. The van der Waals surface area contributed by atoms with Crippen molar-refractivity contribution >= 4 is 21.7 Å². The summed E-state index contributed by atoms with van der Waals surface area (Å²) in [6.07, 6.45) is 0. The van der Waals surface area contributed by atoms with E-state index in [1.54, 1.807) is 0 Å². The Bertz CT molecular complexity index is 500. The van der Waals surface area contributed by atoms with Crippen LogP contribution in [0.1, 0.15) is 5.56 Å². The number of nitrogens with two attached hydrogens (primary N) is 2. The van der Waals surface area contributed by atoms with E-state index in [4.69, 9.17) is 16.3 Å². The monoisotopic (exact) mass is 232 g/mol. The van der Waals surface area contributed by atoms with Crippen molar-refractivity contribution in [2.24, 2.45) is 10.9 Å². The molecule has 0 radical (unpaired) electrons. The molecule has 6 nitrogen and oxygen atoms in total. The maximum absolute atomic E-state index is 13.0. The first-order valence-electron chi connectivity index (χ1n) is 3.74. The van der Waals surface area contributed by atoms with Crippen molar-refractivity contribution in [1.29, 1.82) is 5.41 Å². The molecule has 0 fully saturated rings. The normalized spacial score (nSPS) is 11.1. The summed E-state index contributed by atoms with van der Waals surface area (Å²) in [6, 6.07) is 3.25. The minimum atomic E-state index is -3.92. The van der Waals surface area contributed by atoms with Gasteiger partial charge >= 0.3 is 0 Å². The highest BCUT2D eigenvalue weighted by Crippen LogP contribution is 2.14. The molecule has 1 aromatic carbocycles. The van der Waals surface area contributed by atoms with E-state index in [0.717, 1.165) is 12.1 Å². The highest BCUT2D eigenvalue weighted by Gasteiger charge is 2.08. The summed E-state index contributed by atoms with van der Waals surface area (Å²) < 4.78 is 36.3. The smallest absolute Gasteiger partial charge is 0.296 e. The predicted molar refractivity (Wildman–Crippen MR) is 54.1 cm³/mol. The van der Waals surface area contributed by atoms with Crippen molar-refractivity contribution in [2.45, 2.75) is 0 Å². The van der Waals surface area contributed by atoms with Gasteiger partial charge in [-0.05, 0) is 18.2 Å². The number of halogens is 1. The van der Waals surface area contributed by atoms with Crippen molar-refractivity contribution in [2.75, 3.05) is 4.72 Å². The predicted octanol–water partition coefficient (Wildman–Crippen LogP) is -0.275. The number of hydrogen-bond acceptors (Lipinski definition) is 3. The average molecular weight is 232 g/mol. The van der Waals surface area contributed by atoms with Gasteiger partial charge in [0.25, 0.3) is 10.2 Å². The fourth-order valence-corrected chi connectivity index (χ4v) is 1.41. The molecule has 0 amide bonds. The zero-order valence-electron chi connectivity index (χ0n) is 7.49. The molecule has 82 valence electrons. The molecule has 15 heavy (non-hydrogen) atoms. The molecule has 0 bridgehead atoms. The van der Waals surface area contributed by atoms with E-state index in [-0.39, 0.29) is 11.3 Å². The maximum atomic E-state index is 13.0. The number of nitrogens with one attached hydrogen (secondary N) is 2. The molecule has 0 aromatic heterocycles. The van der Waals surface area contributed by atoms with Gasteiger partial charge in [0, 0.05) is 0 Å². The first-order valence-corrected chi connectivity index (χ1v) is 5.29. The molecule has 6 N–H and O–H groups in total. The number of hydrogen-bond donors (Lipinski definition) is 4. The van der Waals surface area contributed by atoms with Crippen LogP contribution in [0.2, 0.25) is 0 Å². The van der Waals surface area contributed by atoms with E-state index in [1.165, 1.54) is 6.07 Å². The second-order valence-corrected chi connectivity index (χ2v) is 4.05. The molecule has 0 unspecified atom stereocenters. The van der Waals surface area contributed by atoms with E-state index >= 15 is 0 Å². The molecular formula is C7H9FN4O2S. The van der Waals surface area contributed by atoms with Crippen molar-refractivity contribution in [3.63, 3.8) is 0 Å². The Labute approximate surface area is 85.8 Å². The lowest BCUT2D eigenvalue weighted by molar-refractivity contribution is 0.602. The summed E-state index contributed by atoms with van der Waals surface area (Å²) in [6.45, 7) is 0. The lowest BCUT2D eigenvalue weighted by Gasteiger charge is -2.06. The summed E-state index contributed by atoms with van der Waals surface area (Å²) in [4.78, 5) is 0. The zero-order chi connectivity index (χ0) is 11.6. The van der Waals surface area contributed by atoms with Gasteiger partial charge in [0.15, 0.2) is 0 Å².